The van der Waals surface area contributed by atoms with Crippen molar-refractivity contribution in [3.8, 4) is 5.75 Å². The Kier molecular flexibility index (Phi) is 10.8. The van der Waals surface area contributed by atoms with Gasteiger partial charge in [-0.05, 0) is 32.4 Å². The van der Waals surface area contributed by atoms with Crippen molar-refractivity contribution in [2.45, 2.75) is 33.1 Å². The number of benzene rings is 1. The van der Waals surface area contributed by atoms with Crippen molar-refractivity contribution < 1.29 is 14.3 Å². The van der Waals surface area contributed by atoms with Crippen molar-refractivity contribution >= 4 is 41.8 Å². The molecule has 2 amide bonds. The average molecular weight is 488 g/mol. The van der Waals surface area contributed by atoms with Crippen LogP contribution in [0.25, 0.3) is 0 Å². The monoisotopic (exact) mass is 488 g/mol. The summed E-state index contributed by atoms with van der Waals surface area (Å²) in [6, 6.07) is 7.91. The number of hydrogen-bond acceptors (Lipinski definition) is 4. The molecule has 1 aliphatic heterocycles. The first-order chi connectivity index (χ1) is 12.6. The fourth-order valence-electron chi connectivity index (χ4n) is 2.63. The molecule has 0 radical (unpaired) electrons. The number of imide groups is 1. The molecule has 1 heterocycles. The van der Waals surface area contributed by atoms with Gasteiger partial charge in [-0.2, -0.15) is 0 Å². The summed E-state index contributed by atoms with van der Waals surface area (Å²) in [5.41, 5.74) is 1.20. The Labute approximate surface area is 178 Å². The third-order valence-electron chi connectivity index (χ3n) is 4.01. The lowest BCUT2D eigenvalue weighted by atomic mass is 10.1. The van der Waals surface area contributed by atoms with E-state index in [0.717, 1.165) is 12.3 Å². The number of hydrogen-bond donors (Lipinski definition) is 2. The molecule has 1 saturated heterocycles. The van der Waals surface area contributed by atoms with E-state index in [1.54, 1.807) is 0 Å². The Bertz CT molecular complexity index is 618. The summed E-state index contributed by atoms with van der Waals surface area (Å²) in [6.45, 7) is 6.57. The first-order valence-corrected chi connectivity index (χ1v) is 9.15. The summed E-state index contributed by atoms with van der Waals surface area (Å²) in [7, 11) is 0. The van der Waals surface area contributed by atoms with Gasteiger partial charge in [-0.1, -0.05) is 17.7 Å². The number of aliphatic imine (C=N–C) groups is 1. The minimum atomic E-state index is -0.0964. The highest BCUT2D eigenvalue weighted by Gasteiger charge is 2.24. The van der Waals surface area contributed by atoms with E-state index in [9.17, 15) is 9.59 Å². The van der Waals surface area contributed by atoms with Crippen LogP contribution in [-0.2, 0) is 9.59 Å². The molecule has 1 aromatic rings. The van der Waals surface area contributed by atoms with Crippen molar-refractivity contribution in [3.63, 3.8) is 0 Å². The molecule has 0 unspecified atom stereocenters. The molecule has 0 aromatic heterocycles. The van der Waals surface area contributed by atoms with Gasteiger partial charge in [0.2, 0.25) is 11.8 Å². The average Bonchev–Trinajstić information content (AvgIpc) is 2.62. The SMILES string of the molecule is CCNC(=NCCN1C(=O)CCCC1=O)NCCOc1ccc(C)cc1.I. The Hall–Kier alpha value is -1.84. The number of halogens is 1. The Morgan fingerprint density at radius 2 is 1.81 bits per heavy atom. The molecule has 27 heavy (non-hydrogen) atoms. The van der Waals surface area contributed by atoms with Crippen molar-refractivity contribution in [3.05, 3.63) is 29.8 Å². The highest BCUT2D eigenvalue weighted by atomic mass is 127. The first kappa shape index (κ1) is 23.2. The number of rotatable bonds is 8. The lowest BCUT2D eigenvalue weighted by Crippen LogP contribution is -2.43. The number of aryl methyl sites for hydroxylation is 1. The van der Waals surface area contributed by atoms with E-state index in [1.807, 2.05) is 38.1 Å². The Morgan fingerprint density at radius 1 is 1.15 bits per heavy atom. The van der Waals surface area contributed by atoms with Crippen molar-refractivity contribution in [1.82, 2.24) is 15.5 Å². The second kappa shape index (κ2) is 12.5. The summed E-state index contributed by atoms with van der Waals surface area (Å²) >= 11 is 0. The van der Waals surface area contributed by atoms with E-state index >= 15 is 0 Å². The summed E-state index contributed by atoms with van der Waals surface area (Å²) in [4.78, 5) is 29.3. The van der Waals surface area contributed by atoms with E-state index in [1.165, 1.54) is 10.5 Å². The minimum absolute atomic E-state index is 0. The van der Waals surface area contributed by atoms with E-state index < -0.39 is 0 Å². The molecule has 0 atom stereocenters. The largest absolute Gasteiger partial charge is 0.492 e. The molecule has 8 heteroatoms. The molecule has 2 rings (SSSR count). The van der Waals surface area contributed by atoms with Crippen LogP contribution < -0.4 is 15.4 Å². The maximum Gasteiger partial charge on any atom is 0.229 e. The molecule has 0 aliphatic carbocycles. The second-order valence-corrected chi connectivity index (χ2v) is 6.14. The lowest BCUT2D eigenvalue weighted by Gasteiger charge is -2.24. The molecule has 0 bridgehead atoms. The zero-order valence-electron chi connectivity index (χ0n) is 16.0. The molecule has 1 aliphatic rings. The van der Waals surface area contributed by atoms with Gasteiger partial charge in [-0.15, -0.1) is 24.0 Å². The molecule has 2 N–H and O–H groups in total. The molecule has 7 nitrogen and oxygen atoms in total. The predicted octanol–water partition coefficient (Wildman–Crippen LogP) is 2.09. The van der Waals surface area contributed by atoms with Gasteiger partial charge in [0.05, 0.1) is 13.1 Å². The van der Waals surface area contributed by atoms with Gasteiger partial charge in [-0.25, -0.2) is 0 Å². The fraction of sp³-hybridized carbons (Fsp3) is 0.526. The van der Waals surface area contributed by atoms with Gasteiger partial charge < -0.3 is 15.4 Å². The van der Waals surface area contributed by atoms with Crippen LogP contribution in [0.3, 0.4) is 0 Å². The topological polar surface area (TPSA) is 83.0 Å². The molecule has 0 spiro atoms. The van der Waals surface area contributed by atoms with E-state index in [2.05, 4.69) is 15.6 Å². The number of carbonyl (C=O) groups is 2. The van der Waals surface area contributed by atoms with Crippen LogP contribution in [-0.4, -0.2) is 55.5 Å². The maximum absolute atomic E-state index is 11.8. The van der Waals surface area contributed by atoms with E-state index in [4.69, 9.17) is 4.74 Å². The first-order valence-electron chi connectivity index (χ1n) is 9.15. The normalized spacial score (nSPS) is 14.6. The van der Waals surface area contributed by atoms with Gasteiger partial charge in [0.25, 0.3) is 0 Å². The lowest BCUT2D eigenvalue weighted by molar-refractivity contribution is -0.147. The minimum Gasteiger partial charge on any atom is -0.492 e. The van der Waals surface area contributed by atoms with Crippen LogP contribution in [0.1, 0.15) is 31.7 Å². The van der Waals surface area contributed by atoms with Gasteiger partial charge >= 0.3 is 0 Å². The number of nitrogens with zero attached hydrogens (tertiary/aromatic N) is 2. The second-order valence-electron chi connectivity index (χ2n) is 6.14. The number of nitrogens with one attached hydrogen (secondary N) is 2. The molecular formula is C19H29IN4O3. The van der Waals surface area contributed by atoms with Gasteiger partial charge in [0.1, 0.15) is 12.4 Å². The molecular weight excluding hydrogens is 459 g/mol. The summed E-state index contributed by atoms with van der Waals surface area (Å²) in [6.07, 6.45) is 1.55. The van der Waals surface area contributed by atoms with Crippen LogP contribution in [0.2, 0.25) is 0 Å². The van der Waals surface area contributed by atoms with Crippen LogP contribution in [0.5, 0.6) is 5.75 Å². The molecule has 150 valence electrons. The number of likely N-dealkylation sites (tertiary alicyclic amines) is 1. The highest BCUT2D eigenvalue weighted by Crippen LogP contribution is 2.12. The van der Waals surface area contributed by atoms with E-state index in [0.29, 0.717) is 51.5 Å². The number of carbonyl (C=O) groups excluding carboxylic acids is 2. The number of piperidine rings is 1. The maximum atomic E-state index is 11.8. The standard InChI is InChI=1S/C19H28N4O3.HI/c1-3-20-19(21-11-13-23-17(24)5-4-6-18(23)25)22-12-14-26-16-9-7-15(2)8-10-16;/h7-10H,3-6,11-14H2,1-2H3,(H2,20,21,22);1H. The number of amides is 2. The Balaban J connectivity index is 0.00000364. The highest BCUT2D eigenvalue weighted by molar-refractivity contribution is 14.0. The van der Waals surface area contributed by atoms with Gasteiger partial charge in [0, 0.05) is 25.9 Å². The quantitative estimate of drug-likeness (QED) is 0.193. The van der Waals surface area contributed by atoms with E-state index in [-0.39, 0.29) is 35.8 Å². The third kappa shape index (κ3) is 8.15. The summed E-state index contributed by atoms with van der Waals surface area (Å²) in [5, 5.41) is 6.33. The van der Waals surface area contributed by atoms with Crippen molar-refractivity contribution in [2.24, 2.45) is 4.99 Å². The molecule has 0 saturated carbocycles. The molecule has 1 aromatic carbocycles. The summed E-state index contributed by atoms with van der Waals surface area (Å²) < 4.78 is 5.67. The van der Waals surface area contributed by atoms with Crippen LogP contribution >= 0.6 is 24.0 Å². The van der Waals surface area contributed by atoms with Gasteiger partial charge in [-0.3, -0.25) is 19.5 Å². The smallest absolute Gasteiger partial charge is 0.229 e. The molecule has 1 fully saturated rings. The fourth-order valence-corrected chi connectivity index (χ4v) is 2.63. The zero-order chi connectivity index (χ0) is 18.8. The third-order valence-corrected chi connectivity index (χ3v) is 4.01. The summed E-state index contributed by atoms with van der Waals surface area (Å²) in [5.74, 6) is 1.29. The van der Waals surface area contributed by atoms with Crippen LogP contribution in [0.15, 0.2) is 29.3 Å². The van der Waals surface area contributed by atoms with Crippen molar-refractivity contribution in [2.75, 3.05) is 32.8 Å². The number of guanidine groups is 1. The van der Waals surface area contributed by atoms with Crippen LogP contribution in [0.4, 0.5) is 0 Å². The van der Waals surface area contributed by atoms with Crippen LogP contribution in [0, 0.1) is 6.92 Å². The van der Waals surface area contributed by atoms with Gasteiger partial charge in [0.15, 0.2) is 5.96 Å². The number of ether oxygens (including phenoxy) is 1. The van der Waals surface area contributed by atoms with Crippen molar-refractivity contribution in [1.29, 1.82) is 0 Å². The zero-order valence-corrected chi connectivity index (χ0v) is 18.3. The predicted molar refractivity (Wildman–Crippen MR) is 117 cm³/mol. The Morgan fingerprint density at radius 3 is 2.44 bits per heavy atom.